The number of anilines is 1. The number of halogens is 2. The summed E-state index contributed by atoms with van der Waals surface area (Å²) in [6, 6.07) is 17.1. The monoisotopic (exact) mass is 452 g/mol. The molecule has 164 valence electrons. The Kier molecular flexibility index (Phi) is 5.91. The summed E-state index contributed by atoms with van der Waals surface area (Å²) in [7, 11) is 0. The van der Waals surface area contributed by atoms with E-state index in [1.807, 2.05) is 18.2 Å². The molecule has 9 heteroatoms. The summed E-state index contributed by atoms with van der Waals surface area (Å²) in [4.78, 5) is 5.83. The fraction of sp³-hybridized carbons (Fsp3) is 0.261. The van der Waals surface area contributed by atoms with E-state index in [1.165, 1.54) is 29.1 Å². The molecule has 2 aromatic carbocycles. The van der Waals surface area contributed by atoms with Gasteiger partial charge in [0.25, 0.3) is 0 Å². The zero-order chi connectivity index (χ0) is 21.9. The fourth-order valence-corrected chi connectivity index (χ4v) is 4.95. The molecule has 5 rings (SSSR count). The Morgan fingerprint density at radius 2 is 1.56 bits per heavy atom. The van der Waals surface area contributed by atoms with E-state index >= 15 is 0 Å². The van der Waals surface area contributed by atoms with Crippen LogP contribution in [0.4, 0.5) is 14.5 Å². The van der Waals surface area contributed by atoms with Crippen molar-refractivity contribution >= 4 is 17.0 Å². The van der Waals surface area contributed by atoms with Gasteiger partial charge in [0.1, 0.15) is 17.7 Å². The first-order valence-corrected chi connectivity index (χ1v) is 11.3. The van der Waals surface area contributed by atoms with E-state index in [4.69, 9.17) is 0 Å². The van der Waals surface area contributed by atoms with Crippen LogP contribution in [0.1, 0.15) is 22.3 Å². The molecule has 0 N–H and O–H groups in total. The van der Waals surface area contributed by atoms with Crippen molar-refractivity contribution in [1.82, 2.24) is 25.1 Å². The predicted molar refractivity (Wildman–Crippen MR) is 120 cm³/mol. The summed E-state index contributed by atoms with van der Waals surface area (Å²) in [5.41, 5.74) is 1.96. The third kappa shape index (κ3) is 4.39. The third-order valence-corrected chi connectivity index (χ3v) is 6.66. The zero-order valence-electron chi connectivity index (χ0n) is 17.3. The highest BCUT2D eigenvalue weighted by molar-refractivity contribution is 7.10. The first-order valence-electron chi connectivity index (χ1n) is 10.5. The molecule has 0 unspecified atom stereocenters. The lowest BCUT2D eigenvalue weighted by Crippen LogP contribution is -2.48. The number of hydrogen-bond donors (Lipinski definition) is 0. The Hall–Kier alpha value is -3.17. The Balaban J connectivity index is 1.37. The van der Waals surface area contributed by atoms with Crippen molar-refractivity contribution in [3.8, 4) is 0 Å². The second-order valence-electron chi connectivity index (χ2n) is 7.74. The topological polar surface area (TPSA) is 50.1 Å². The largest absolute Gasteiger partial charge is 0.369 e. The second kappa shape index (κ2) is 9.13. The van der Waals surface area contributed by atoms with Gasteiger partial charge >= 0.3 is 0 Å². The summed E-state index contributed by atoms with van der Waals surface area (Å²) >= 11 is 1.68. The van der Waals surface area contributed by atoms with Crippen molar-refractivity contribution in [2.24, 2.45) is 0 Å². The van der Waals surface area contributed by atoms with Crippen LogP contribution in [0.25, 0.3) is 0 Å². The average molecular weight is 453 g/mol. The summed E-state index contributed by atoms with van der Waals surface area (Å²) in [6.45, 7) is 3.77. The van der Waals surface area contributed by atoms with E-state index in [9.17, 15) is 8.78 Å². The van der Waals surface area contributed by atoms with E-state index in [0.29, 0.717) is 6.54 Å². The van der Waals surface area contributed by atoms with Gasteiger partial charge in [-0.25, -0.2) is 13.5 Å². The van der Waals surface area contributed by atoms with E-state index in [1.54, 1.807) is 28.2 Å². The molecule has 1 saturated heterocycles. The maximum absolute atomic E-state index is 13.3. The maximum atomic E-state index is 13.3. The second-order valence-corrected chi connectivity index (χ2v) is 8.72. The lowest BCUT2D eigenvalue weighted by atomic mass is 10.1. The number of piperazine rings is 1. The Morgan fingerprint density at radius 1 is 0.875 bits per heavy atom. The normalized spacial score (nSPS) is 15.8. The van der Waals surface area contributed by atoms with Gasteiger partial charge in [0.2, 0.25) is 0 Å². The molecule has 0 aliphatic carbocycles. The highest BCUT2D eigenvalue weighted by atomic mass is 32.1. The minimum absolute atomic E-state index is 0.0687. The first kappa shape index (κ1) is 20.7. The highest BCUT2D eigenvalue weighted by Crippen LogP contribution is 2.32. The Morgan fingerprint density at radius 3 is 2.22 bits per heavy atom. The molecule has 2 aromatic heterocycles. The molecule has 32 heavy (non-hydrogen) atoms. The van der Waals surface area contributed by atoms with Gasteiger partial charge in [0, 0.05) is 36.7 Å². The van der Waals surface area contributed by atoms with Crippen LogP contribution in [-0.4, -0.2) is 51.3 Å². The van der Waals surface area contributed by atoms with Crippen molar-refractivity contribution in [3.05, 3.63) is 93.9 Å². The van der Waals surface area contributed by atoms with Crippen molar-refractivity contribution in [1.29, 1.82) is 0 Å². The van der Waals surface area contributed by atoms with Crippen LogP contribution >= 0.6 is 11.3 Å². The molecule has 6 nitrogen and oxygen atoms in total. The molecule has 0 spiro atoms. The van der Waals surface area contributed by atoms with E-state index in [2.05, 4.69) is 36.8 Å². The average Bonchev–Trinajstić information content (AvgIpc) is 3.50. The number of tetrazole rings is 1. The Bertz CT molecular complexity index is 1140. The molecule has 0 amide bonds. The molecule has 0 radical (unpaired) electrons. The standard InChI is InChI=1S/C23H22F2N6S/c24-18-5-3-17(4-6-18)16-31-23(26-27-28-31)22(21-2-1-15-32-21)30-13-11-29(12-14-30)20-9-7-19(25)8-10-20/h1-10,15,22H,11-14,16H2/t22-/m1/s1. The number of rotatable bonds is 6. The Labute approximate surface area is 188 Å². The summed E-state index contributed by atoms with van der Waals surface area (Å²) in [6.07, 6.45) is 0. The highest BCUT2D eigenvalue weighted by Gasteiger charge is 2.31. The third-order valence-electron chi connectivity index (χ3n) is 5.73. The lowest BCUT2D eigenvalue weighted by Gasteiger charge is -2.39. The molecule has 1 atom stereocenters. The van der Waals surface area contributed by atoms with Crippen molar-refractivity contribution in [3.63, 3.8) is 0 Å². The van der Waals surface area contributed by atoms with Gasteiger partial charge in [-0.15, -0.1) is 16.4 Å². The smallest absolute Gasteiger partial charge is 0.174 e. The van der Waals surface area contributed by atoms with Crippen LogP contribution in [0, 0.1) is 11.6 Å². The maximum Gasteiger partial charge on any atom is 0.174 e. The van der Waals surface area contributed by atoms with E-state index < -0.39 is 0 Å². The minimum atomic E-state index is -0.263. The minimum Gasteiger partial charge on any atom is -0.369 e. The van der Waals surface area contributed by atoms with Crippen LogP contribution in [0.15, 0.2) is 66.0 Å². The SMILES string of the molecule is Fc1ccc(Cn2nnnc2[C@@H](c2cccs2)N2CCN(c3ccc(F)cc3)CC2)cc1. The zero-order valence-corrected chi connectivity index (χ0v) is 18.1. The van der Waals surface area contributed by atoms with E-state index in [-0.39, 0.29) is 17.7 Å². The van der Waals surface area contributed by atoms with Crippen molar-refractivity contribution < 1.29 is 8.78 Å². The molecule has 4 aromatic rings. The molecular formula is C23H22F2N6S. The first-order chi connectivity index (χ1) is 15.7. The predicted octanol–water partition coefficient (Wildman–Crippen LogP) is 3.97. The van der Waals surface area contributed by atoms with Gasteiger partial charge in [-0.3, -0.25) is 4.90 Å². The molecule has 1 fully saturated rings. The van der Waals surface area contributed by atoms with Gasteiger partial charge in [-0.2, -0.15) is 0 Å². The molecule has 1 aliphatic rings. The number of hydrogen-bond acceptors (Lipinski definition) is 6. The van der Waals surface area contributed by atoms with Crippen LogP contribution in [0.5, 0.6) is 0 Å². The molecule has 0 bridgehead atoms. The van der Waals surface area contributed by atoms with Gasteiger partial charge in [0.05, 0.1) is 6.54 Å². The number of nitrogens with zero attached hydrogens (tertiary/aromatic N) is 6. The van der Waals surface area contributed by atoms with Gasteiger partial charge < -0.3 is 4.90 Å². The fourth-order valence-electron chi connectivity index (χ4n) is 4.09. The van der Waals surface area contributed by atoms with Crippen molar-refractivity contribution in [2.45, 2.75) is 12.6 Å². The quantitative estimate of drug-likeness (QED) is 0.443. The number of aromatic nitrogens is 4. The van der Waals surface area contributed by atoms with Gasteiger partial charge in [-0.1, -0.05) is 18.2 Å². The van der Waals surface area contributed by atoms with Crippen LogP contribution in [-0.2, 0) is 6.54 Å². The van der Waals surface area contributed by atoms with Crippen molar-refractivity contribution in [2.75, 3.05) is 31.1 Å². The lowest BCUT2D eigenvalue weighted by molar-refractivity contribution is 0.204. The van der Waals surface area contributed by atoms with Gasteiger partial charge in [-0.05, 0) is 63.8 Å². The van der Waals surface area contributed by atoms with Crippen LogP contribution < -0.4 is 4.90 Å². The molecular weight excluding hydrogens is 430 g/mol. The summed E-state index contributed by atoms with van der Waals surface area (Å²) in [5, 5.41) is 14.6. The van der Waals surface area contributed by atoms with Gasteiger partial charge in [0.15, 0.2) is 5.82 Å². The molecule has 1 aliphatic heterocycles. The van der Waals surface area contributed by atoms with Crippen LogP contribution in [0.2, 0.25) is 0 Å². The molecule has 0 saturated carbocycles. The number of thiophene rings is 1. The van der Waals surface area contributed by atoms with E-state index in [0.717, 1.165) is 43.3 Å². The summed E-state index contributed by atoms with van der Waals surface area (Å²) < 4.78 is 28.4. The van der Waals surface area contributed by atoms with Crippen LogP contribution in [0.3, 0.4) is 0 Å². The summed E-state index contributed by atoms with van der Waals surface area (Å²) in [5.74, 6) is 0.284. The number of benzene rings is 2. The molecule has 3 heterocycles.